The third-order valence-electron chi connectivity index (χ3n) is 3.82. The van der Waals surface area contributed by atoms with Crippen molar-refractivity contribution < 1.29 is 18.7 Å². The lowest BCUT2D eigenvalue weighted by Gasteiger charge is -2.07. The lowest BCUT2D eigenvalue weighted by atomic mass is 10.0. The van der Waals surface area contributed by atoms with Crippen LogP contribution in [0, 0.1) is 5.82 Å². The minimum atomic E-state index is -0.386. The van der Waals surface area contributed by atoms with E-state index in [2.05, 4.69) is 0 Å². The van der Waals surface area contributed by atoms with Crippen molar-refractivity contribution in [1.29, 1.82) is 0 Å². The highest BCUT2D eigenvalue weighted by Crippen LogP contribution is 2.16. The van der Waals surface area contributed by atoms with E-state index in [1.807, 2.05) is 0 Å². The Kier molecular flexibility index (Phi) is 4.75. The number of ketones is 2. The maximum absolute atomic E-state index is 12.9. The molecule has 0 unspecified atom stereocenters. The van der Waals surface area contributed by atoms with E-state index in [9.17, 15) is 14.0 Å². The third kappa shape index (κ3) is 3.83. The fourth-order valence-corrected chi connectivity index (χ4v) is 2.44. The molecule has 3 aromatic rings. The second-order valence-electron chi connectivity index (χ2n) is 5.58. The van der Waals surface area contributed by atoms with Crippen molar-refractivity contribution in [2.24, 2.45) is 7.05 Å². The van der Waals surface area contributed by atoms with E-state index in [0.29, 0.717) is 22.6 Å². The molecule has 0 bridgehead atoms. The van der Waals surface area contributed by atoms with Gasteiger partial charge in [-0.15, -0.1) is 0 Å². The number of aryl methyl sites for hydroxylation is 1. The molecular formula is C20H16FNO3. The SMILES string of the molecule is Cn1cccc1C(=O)COc1ccc(C(=O)c2ccc(F)cc2)cc1. The summed E-state index contributed by atoms with van der Waals surface area (Å²) in [6.07, 6.45) is 1.79. The Balaban J connectivity index is 1.64. The van der Waals surface area contributed by atoms with Gasteiger partial charge in [0.25, 0.3) is 0 Å². The maximum Gasteiger partial charge on any atom is 0.216 e. The molecule has 0 atom stereocenters. The van der Waals surface area contributed by atoms with Crippen molar-refractivity contribution in [2.75, 3.05) is 6.61 Å². The number of halogens is 1. The van der Waals surface area contributed by atoms with Gasteiger partial charge in [-0.2, -0.15) is 0 Å². The lowest BCUT2D eigenvalue weighted by Crippen LogP contribution is -2.14. The summed E-state index contributed by atoms with van der Waals surface area (Å²) in [5, 5.41) is 0. The van der Waals surface area contributed by atoms with E-state index >= 15 is 0 Å². The minimum absolute atomic E-state index is 0.0802. The van der Waals surface area contributed by atoms with Crippen LogP contribution in [-0.4, -0.2) is 22.7 Å². The predicted molar refractivity (Wildman–Crippen MR) is 91.5 cm³/mol. The fourth-order valence-electron chi connectivity index (χ4n) is 2.44. The molecule has 5 heteroatoms. The summed E-state index contributed by atoms with van der Waals surface area (Å²) in [7, 11) is 1.79. The Morgan fingerprint density at radius 1 is 0.960 bits per heavy atom. The molecule has 0 radical (unpaired) electrons. The summed E-state index contributed by atoms with van der Waals surface area (Å²) >= 11 is 0. The molecule has 0 amide bonds. The highest BCUT2D eigenvalue weighted by atomic mass is 19.1. The molecule has 3 rings (SSSR count). The van der Waals surface area contributed by atoms with Gasteiger partial charge in [0.15, 0.2) is 12.4 Å². The molecule has 0 fully saturated rings. The van der Waals surface area contributed by atoms with Gasteiger partial charge in [0.2, 0.25) is 5.78 Å². The van der Waals surface area contributed by atoms with E-state index in [0.717, 1.165) is 0 Å². The van der Waals surface area contributed by atoms with E-state index in [1.54, 1.807) is 54.2 Å². The molecule has 4 nitrogen and oxygen atoms in total. The highest BCUT2D eigenvalue weighted by Gasteiger charge is 2.11. The zero-order valence-electron chi connectivity index (χ0n) is 13.6. The highest BCUT2D eigenvalue weighted by molar-refractivity contribution is 6.09. The largest absolute Gasteiger partial charge is 0.485 e. The van der Waals surface area contributed by atoms with Gasteiger partial charge in [-0.25, -0.2) is 4.39 Å². The normalized spacial score (nSPS) is 10.5. The van der Waals surface area contributed by atoms with Crippen LogP contribution in [0.4, 0.5) is 4.39 Å². The smallest absolute Gasteiger partial charge is 0.216 e. The first-order chi connectivity index (χ1) is 12.0. The van der Waals surface area contributed by atoms with Crippen molar-refractivity contribution in [3.8, 4) is 5.75 Å². The number of hydrogen-bond donors (Lipinski definition) is 0. The van der Waals surface area contributed by atoms with Gasteiger partial charge in [-0.3, -0.25) is 9.59 Å². The first kappa shape index (κ1) is 16.6. The molecule has 0 aliphatic carbocycles. The molecule has 2 aromatic carbocycles. The van der Waals surface area contributed by atoms with Gasteiger partial charge in [-0.1, -0.05) is 0 Å². The number of carbonyl (C=O) groups excluding carboxylic acids is 2. The number of nitrogens with zero attached hydrogens (tertiary/aromatic N) is 1. The van der Waals surface area contributed by atoms with E-state index in [4.69, 9.17) is 4.74 Å². The van der Waals surface area contributed by atoms with Crippen molar-refractivity contribution in [3.05, 3.63) is 89.5 Å². The second-order valence-corrected chi connectivity index (χ2v) is 5.58. The lowest BCUT2D eigenvalue weighted by molar-refractivity contribution is 0.0912. The Labute approximate surface area is 144 Å². The number of carbonyl (C=O) groups is 2. The van der Waals surface area contributed by atoms with Gasteiger partial charge in [-0.05, 0) is 60.7 Å². The third-order valence-corrected chi connectivity index (χ3v) is 3.82. The Hall–Kier alpha value is -3.21. The monoisotopic (exact) mass is 337 g/mol. The van der Waals surface area contributed by atoms with Crippen molar-refractivity contribution in [3.63, 3.8) is 0 Å². The van der Waals surface area contributed by atoms with Gasteiger partial charge < -0.3 is 9.30 Å². The zero-order chi connectivity index (χ0) is 17.8. The summed E-state index contributed by atoms with van der Waals surface area (Å²) in [4.78, 5) is 24.4. The van der Waals surface area contributed by atoms with E-state index in [-0.39, 0.29) is 24.0 Å². The molecule has 1 heterocycles. The molecule has 0 N–H and O–H groups in total. The van der Waals surface area contributed by atoms with Gasteiger partial charge in [0.05, 0.1) is 5.69 Å². The summed E-state index contributed by atoms with van der Waals surface area (Å²) in [5.74, 6) is -0.216. The molecule has 0 saturated carbocycles. The van der Waals surface area contributed by atoms with Crippen LogP contribution in [0.3, 0.4) is 0 Å². The van der Waals surface area contributed by atoms with E-state index in [1.165, 1.54) is 24.3 Å². The number of benzene rings is 2. The summed E-state index contributed by atoms with van der Waals surface area (Å²) in [6.45, 7) is -0.0802. The molecule has 0 aliphatic heterocycles. The minimum Gasteiger partial charge on any atom is -0.485 e. The Morgan fingerprint density at radius 2 is 1.56 bits per heavy atom. The average Bonchev–Trinajstić information content (AvgIpc) is 3.06. The van der Waals surface area contributed by atoms with Gasteiger partial charge >= 0.3 is 0 Å². The van der Waals surface area contributed by atoms with Gasteiger partial charge in [0, 0.05) is 24.4 Å². The van der Waals surface area contributed by atoms with Crippen molar-refractivity contribution in [1.82, 2.24) is 4.57 Å². The molecular weight excluding hydrogens is 321 g/mol. The second kappa shape index (κ2) is 7.13. The quantitative estimate of drug-likeness (QED) is 0.645. The number of ether oxygens (including phenoxy) is 1. The standard InChI is InChI=1S/C20H16FNO3/c1-22-12-2-3-18(22)19(23)13-25-17-10-6-15(7-11-17)20(24)14-4-8-16(21)9-5-14/h2-12H,13H2,1H3. The average molecular weight is 337 g/mol. The summed E-state index contributed by atoms with van der Waals surface area (Å²) < 4.78 is 20.1. The summed E-state index contributed by atoms with van der Waals surface area (Å²) in [5.41, 5.74) is 1.45. The van der Waals surface area contributed by atoms with Crippen LogP contribution in [-0.2, 0) is 7.05 Å². The van der Waals surface area contributed by atoms with E-state index < -0.39 is 0 Å². The van der Waals surface area contributed by atoms with Gasteiger partial charge in [0.1, 0.15) is 11.6 Å². The molecule has 0 spiro atoms. The molecule has 0 saturated heterocycles. The van der Waals surface area contributed by atoms with Crippen molar-refractivity contribution in [2.45, 2.75) is 0 Å². The topological polar surface area (TPSA) is 48.3 Å². The first-order valence-electron chi connectivity index (χ1n) is 7.72. The fraction of sp³-hybridized carbons (Fsp3) is 0.100. The van der Waals surface area contributed by atoms with Crippen LogP contribution in [0.15, 0.2) is 66.9 Å². The number of Topliss-reactive ketones (excluding diaryl/α,β-unsaturated/α-hetero) is 1. The number of rotatable bonds is 6. The van der Waals surface area contributed by atoms with Crippen LogP contribution >= 0.6 is 0 Å². The Morgan fingerprint density at radius 3 is 2.12 bits per heavy atom. The zero-order valence-corrected chi connectivity index (χ0v) is 13.6. The molecule has 25 heavy (non-hydrogen) atoms. The number of aromatic nitrogens is 1. The van der Waals surface area contributed by atoms with Crippen LogP contribution in [0.2, 0.25) is 0 Å². The maximum atomic E-state index is 12.9. The predicted octanol–water partition coefficient (Wildman–Crippen LogP) is 3.66. The summed E-state index contributed by atoms with van der Waals surface area (Å²) in [6, 6.07) is 15.4. The molecule has 1 aromatic heterocycles. The first-order valence-corrected chi connectivity index (χ1v) is 7.72. The van der Waals surface area contributed by atoms with Crippen LogP contribution in [0.5, 0.6) is 5.75 Å². The molecule has 0 aliphatic rings. The molecule has 126 valence electrons. The van der Waals surface area contributed by atoms with Crippen LogP contribution < -0.4 is 4.74 Å². The van der Waals surface area contributed by atoms with Crippen molar-refractivity contribution >= 4 is 11.6 Å². The van der Waals surface area contributed by atoms with Crippen LogP contribution in [0.1, 0.15) is 26.4 Å². The number of hydrogen-bond acceptors (Lipinski definition) is 3. The van der Waals surface area contributed by atoms with Crippen LogP contribution in [0.25, 0.3) is 0 Å². The Bertz CT molecular complexity index is 895.